The number of aromatic nitrogens is 3. The minimum absolute atomic E-state index is 0.0463. The molecule has 0 aliphatic rings. The highest BCUT2D eigenvalue weighted by molar-refractivity contribution is 6.30. The maximum absolute atomic E-state index is 14.1. The van der Waals surface area contributed by atoms with Gasteiger partial charge in [0, 0.05) is 11.2 Å². The fourth-order valence-electron chi connectivity index (χ4n) is 2.17. The third kappa shape index (κ3) is 4.68. The lowest BCUT2D eigenvalue weighted by Crippen LogP contribution is -2.03. The molecule has 0 fully saturated rings. The smallest absolute Gasteiger partial charge is 0.310 e. The normalized spacial score (nSPS) is 9.89. The molecule has 3 aromatic rings. The second-order valence-electron chi connectivity index (χ2n) is 5.01. The molecule has 28 heavy (non-hydrogen) atoms. The summed E-state index contributed by atoms with van der Waals surface area (Å²) in [5.74, 6) is -0.154. The molecular weight excluding hydrogens is 389 g/mol. The fraction of sp³-hybridized carbons (Fsp3) is 0.167. The van der Waals surface area contributed by atoms with Gasteiger partial charge in [-0.3, -0.25) is 15.1 Å². The second-order valence-corrected chi connectivity index (χ2v) is 5.45. The number of methoxy groups -OCH3 is 1. The molecule has 0 saturated carbocycles. The number of benzene rings is 1. The molecule has 8 nitrogen and oxygen atoms in total. The van der Waals surface area contributed by atoms with Crippen molar-refractivity contribution in [2.45, 2.75) is 13.8 Å². The summed E-state index contributed by atoms with van der Waals surface area (Å²) >= 11 is 5.91. The minimum Gasteiger partial charge on any atom is -0.491 e. The quantitative estimate of drug-likeness (QED) is 0.469. The Hall–Kier alpha value is -3.33. The molecule has 0 bridgehead atoms. The fourth-order valence-corrected chi connectivity index (χ4v) is 2.35. The highest BCUT2D eigenvalue weighted by Crippen LogP contribution is 2.32. The van der Waals surface area contributed by atoms with E-state index in [2.05, 4.69) is 20.3 Å². The van der Waals surface area contributed by atoms with E-state index in [-0.39, 0.29) is 34.3 Å². The minimum atomic E-state index is -0.583. The van der Waals surface area contributed by atoms with Crippen LogP contribution in [-0.2, 0) is 0 Å². The van der Waals surface area contributed by atoms with Crippen molar-refractivity contribution in [1.82, 2.24) is 15.0 Å². The Labute approximate surface area is 165 Å². The number of anilines is 2. The van der Waals surface area contributed by atoms with Gasteiger partial charge in [0.05, 0.1) is 23.8 Å². The van der Waals surface area contributed by atoms with Crippen molar-refractivity contribution in [2.24, 2.45) is 0 Å². The Morgan fingerprint density at radius 1 is 1.25 bits per heavy atom. The molecule has 10 heteroatoms. The van der Waals surface area contributed by atoms with Crippen molar-refractivity contribution >= 4 is 28.8 Å². The van der Waals surface area contributed by atoms with E-state index >= 15 is 0 Å². The predicted molar refractivity (Wildman–Crippen MR) is 105 cm³/mol. The molecule has 0 spiro atoms. The van der Waals surface area contributed by atoms with Gasteiger partial charge >= 0.3 is 5.69 Å². The number of hydrogen-bond donors (Lipinski definition) is 1. The van der Waals surface area contributed by atoms with Crippen LogP contribution < -0.4 is 10.1 Å². The third-order valence-electron chi connectivity index (χ3n) is 3.39. The van der Waals surface area contributed by atoms with Gasteiger partial charge < -0.3 is 10.1 Å². The van der Waals surface area contributed by atoms with E-state index in [4.69, 9.17) is 16.3 Å². The first-order valence-electron chi connectivity index (χ1n) is 8.21. The lowest BCUT2D eigenvalue weighted by molar-refractivity contribution is -0.384. The average Bonchev–Trinajstić information content (AvgIpc) is 2.71. The number of hydrogen-bond acceptors (Lipinski definition) is 7. The van der Waals surface area contributed by atoms with E-state index in [1.807, 2.05) is 13.8 Å². The number of nitro groups is 1. The maximum Gasteiger partial charge on any atom is 0.310 e. The van der Waals surface area contributed by atoms with Gasteiger partial charge in [0.2, 0.25) is 0 Å². The maximum atomic E-state index is 14.1. The monoisotopic (exact) mass is 405 g/mol. The highest BCUT2D eigenvalue weighted by Gasteiger charge is 2.18. The molecule has 146 valence electrons. The first-order chi connectivity index (χ1) is 13.5. The first-order valence-corrected chi connectivity index (χ1v) is 8.59. The number of nitrogens with zero attached hydrogens (tertiary/aromatic N) is 4. The van der Waals surface area contributed by atoms with Gasteiger partial charge in [-0.2, -0.15) is 0 Å². The molecule has 1 aromatic carbocycles. The summed E-state index contributed by atoms with van der Waals surface area (Å²) in [4.78, 5) is 22.6. The molecule has 0 atom stereocenters. The van der Waals surface area contributed by atoms with Crippen LogP contribution in [0.25, 0.3) is 11.4 Å². The predicted octanol–water partition coefficient (Wildman–Crippen LogP) is 5.02. The lowest BCUT2D eigenvalue weighted by atomic mass is 10.2. The summed E-state index contributed by atoms with van der Waals surface area (Å²) in [7, 11) is 1.39. The van der Waals surface area contributed by atoms with Gasteiger partial charge in [-0.1, -0.05) is 25.4 Å². The van der Waals surface area contributed by atoms with E-state index in [0.717, 1.165) is 6.20 Å². The Bertz CT molecular complexity index is 987. The van der Waals surface area contributed by atoms with Crippen LogP contribution in [0.3, 0.4) is 0 Å². The van der Waals surface area contributed by atoms with E-state index in [9.17, 15) is 14.5 Å². The van der Waals surface area contributed by atoms with Crippen LogP contribution in [0.4, 0.5) is 21.6 Å². The lowest BCUT2D eigenvalue weighted by Gasteiger charge is -2.11. The molecule has 0 unspecified atom stereocenters. The Balaban J connectivity index is 0.00000136. The summed E-state index contributed by atoms with van der Waals surface area (Å²) in [6.45, 7) is 4.00. The van der Waals surface area contributed by atoms with Gasteiger partial charge in [-0.25, -0.2) is 14.4 Å². The third-order valence-corrected chi connectivity index (χ3v) is 3.63. The van der Waals surface area contributed by atoms with Crippen molar-refractivity contribution in [3.8, 4) is 17.1 Å². The van der Waals surface area contributed by atoms with Crippen LogP contribution in [0.2, 0.25) is 5.02 Å². The van der Waals surface area contributed by atoms with Crippen LogP contribution in [0.15, 0.2) is 42.9 Å². The average molecular weight is 406 g/mol. The van der Waals surface area contributed by atoms with Crippen LogP contribution in [0.1, 0.15) is 13.8 Å². The molecule has 2 aromatic heterocycles. The Morgan fingerprint density at radius 2 is 2.00 bits per heavy atom. The largest absolute Gasteiger partial charge is 0.491 e. The molecule has 0 saturated heterocycles. The topological polar surface area (TPSA) is 103 Å². The summed E-state index contributed by atoms with van der Waals surface area (Å²) < 4.78 is 19.2. The number of ether oxygens (including phenoxy) is 1. The second kappa shape index (κ2) is 9.56. The molecular formula is C18H17ClFN5O3. The Morgan fingerprint density at radius 3 is 2.68 bits per heavy atom. The van der Waals surface area contributed by atoms with Crippen LogP contribution in [0, 0.1) is 15.9 Å². The number of pyridine rings is 1. The van der Waals surface area contributed by atoms with Crippen LogP contribution in [-0.4, -0.2) is 27.0 Å². The molecule has 0 amide bonds. The number of rotatable bonds is 5. The zero-order valence-electron chi connectivity index (χ0n) is 15.3. The zero-order chi connectivity index (χ0) is 20.7. The molecule has 1 N–H and O–H groups in total. The summed E-state index contributed by atoms with van der Waals surface area (Å²) in [5.41, 5.74) is -0.00408. The summed E-state index contributed by atoms with van der Waals surface area (Å²) in [6.07, 6.45) is 3.83. The zero-order valence-corrected chi connectivity index (χ0v) is 16.1. The summed E-state index contributed by atoms with van der Waals surface area (Å²) in [5, 5.41) is 14.3. The molecule has 0 radical (unpaired) electrons. The Kier molecular flexibility index (Phi) is 7.16. The standard InChI is InChI=1S/C16H11ClFN5O3.C2H6/c1-26-14-8-20-15(10-6-9(17)2-3-11(10)18)22-16(14)21-12-4-5-19-7-13(12)23(24)25;1-2/h2-8H,1H3,(H,19,20,21,22);1-2H3. The van der Waals surface area contributed by atoms with Crippen molar-refractivity contribution in [2.75, 3.05) is 12.4 Å². The van der Waals surface area contributed by atoms with Crippen molar-refractivity contribution in [3.05, 3.63) is 63.8 Å². The summed E-state index contributed by atoms with van der Waals surface area (Å²) in [6, 6.07) is 5.41. The van der Waals surface area contributed by atoms with Gasteiger partial charge in [0.15, 0.2) is 17.4 Å². The molecule has 3 rings (SSSR count). The van der Waals surface area contributed by atoms with E-state index in [1.165, 1.54) is 43.8 Å². The number of nitrogens with one attached hydrogen (secondary N) is 1. The van der Waals surface area contributed by atoms with Gasteiger partial charge in [-0.15, -0.1) is 0 Å². The van der Waals surface area contributed by atoms with Crippen LogP contribution >= 0.6 is 11.6 Å². The van der Waals surface area contributed by atoms with E-state index in [1.54, 1.807) is 0 Å². The van der Waals surface area contributed by atoms with Gasteiger partial charge in [0.25, 0.3) is 0 Å². The molecule has 0 aliphatic carbocycles. The van der Waals surface area contributed by atoms with E-state index in [0.29, 0.717) is 5.02 Å². The van der Waals surface area contributed by atoms with Gasteiger partial charge in [-0.05, 0) is 24.3 Å². The highest BCUT2D eigenvalue weighted by atomic mass is 35.5. The molecule has 0 aliphatic heterocycles. The van der Waals surface area contributed by atoms with Gasteiger partial charge in [0.1, 0.15) is 17.7 Å². The van der Waals surface area contributed by atoms with Crippen molar-refractivity contribution in [3.63, 3.8) is 0 Å². The molecule has 2 heterocycles. The van der Waals surface area contributed by atoms with Crippen molar-refractivity contribution in [1.29, 1.82) is 0 Å². The number of halogens is 2. The van der Waals surface area contributed by atoms with Crippen molar-refractivity contribution < 1.29 is 14.1 Å². The van der Waals surface area contributed by atoms with E-state index < -0.39 is 10.7 Å². The van der Waals surface area contributed by atoms with Crippen LogP contribution in [0.5, 0.6) is 5.75 Å². The first kappa shape index (κ1) is 21.0. The SMILES string of the molecule is CC.COc1cnc(-c2cc(Cl)ccc2F)nc1Nc1ccncc1[N+](=O)[O-].